The molecule has 0 radical (unpaired) electrons. The topological polar surface area (TPSA) is 80.3 Å². The van der Waals surface area contributed by atoms with Crippen molar-refractivity contribution in [2.24, 2.45) is 0 Å². The molecule has 0 bridgehead atoms. The van der Waals surface area contributed by atoms with E-state index >= 15 is 0 Å². The van der Waals surface area contributed by atoms with Crippen LogP contribution in [0.15, 0.2) is 47.8 Å². The van der Waals surface area contributed by atoms with Crippen molar-refractivity contribution in [3.63, 3.8) is 0 Å². The number of ether oxygens (including phenoxy) is 1. The van der Waals surface area contributed by atoms with Crippen molar-refractivity contribution in [3.8, 4) is 16.3 Å². The lowest BCUT2D eigenvalue weighted by Crippen LogP contribution is -2.25. The predicted molar refractivity (Wildman–Crippen MR) is 101 cm³/mol. The number of nitrogens with zero attached hydrogens (tertiary/aromatic N) is 1. The molecule has 2 heterocycles. The van der Waals surface area contributed by atoms with E-state index in [1.54, 1.807) is 35.7 Å². The molecule has 0 saturated heterocycles. The van der Waals surface area contributed by atoms with Gasteiger partial charge in [0.1, 0.15) is 16.5 Å². The number of hydrogen-bond donors (Lipinski definition) is 2. The Hall–Kier alpha value is -2.90. The van der Waals surface area contributed by atoms with Gasteiger partial charge in [0.25, 0.3) is 11.8 Å². The van der Waals surface area contributed by atoms with E-state index in [2.05, 4.69) is 15.6 Å². The summed E-state index contributed by atoms with van der Waals surface area (Å²) in [6.45, 7) is -0.0101. The maximum absolute atomic E-state index is 12.4. The molecule has 26 heavy (non-hydrogen) atoms. The van der Waals surface area contributed by atoms with Gasteiger partial charge in [0.15, 0.2) is 6.61 Å². The summed E-state index contributed by atoms with van der Waals surface area (Å²) in [5.41, 5.74) is 2.23. The van der Waals surface area contributed by atoms with Crippen molar-refractivity contribution in [1.29, 1.82) is 0 Å². The molecule has 130 valence electrons. The lowest BCUT2D eigenvalue weighted by Gasteiger charge is -2.18. The predicted octanol–water partition coefficient (Wildman–Crippen LogP) is 4.05. The van der Waals surface area contributed by atoms with Crippen molar-refractivity contribution in [1.82, 2.24) is 4.98 Å². The largest absolute Gasteiger partial charge is 0.482 e. The summed E-state index contributed by atoms with van der Waals surface area (Å²) in [6.07, 6.45) is 0. The van der Waals surface area contributed by atoms with Gasteiger partial charge < -0.3 is 15.4 Å². The monoisotopic (exact) mass is 385 g/mol. The van der Waals surface area contributed by atoms with Crippen LogP contribution in [-0.4, -0.2) is 23.4 Å². The maximum Gasteiger partial charge on any atom is 0.275 e. The minimum Gasteiger partial charge on any atom is -0.482 e. The Labute approximate surface area is 157 Å². The van der Waals surface area contributed by atoms with Gasteiger partial charge in [-0.2, -0.15) is 0 Å². The fourth-order valence-electron chi connectivity index (χ4n) is 2.49. The Morgan fingerprint density at radius 3 is 3.00 bits per heavy atom. The zero-order chi connectivity index (χ0) is 18.1. The number of aromatic nitrogens is 1. The first-order valence-corrected chi connectivity index (χ1v) is 8.94. The molecule has 0 aliphatic carbocycles. The standard InChI is InChI=1S/C18H12ClN3O3S/c19-11-3-1-2-10(6-11)18-22-14(9-26-18)17(24)20-12-4-5-15-13(7-12)21-16(23)8-25-15/h1-7,9H,8H2,(H,20,24)(H,21,23). The van der Waals surface area contributed by atoms with Gasteiger partial charge in [0, 0.05) is 21.7 Å². The van der Waals surface area contributed by atoms with Gasteiger partial charge in [-0.3, -0.25) is 9.59 Å². The molecule has 2 N–H and O–H groups in total. The number of carbonyl (C=O) groups is 2. The highest BCUT2D eigenvalue weighted by molar-refractivity contribution is 7.13. The van der Waals surface area contributed by atoms with Crippen molar-refractivity contribution in [2.45, 2.75) is 0 Å². The van der Waals surface area contributed by atoms with Gasteiger partial charge in [0.05, 0.1) is 5.69 Å². The zero-order valence-corrected chi connectivity index (χ0v) is 14.9. The molecule has 8 heteroatoms. The lowest BCUT2D eigenvalue weighted by atomic mass is 10.2. The van der Waals surface area contributed by atoms with Crippen LogP contribution in [-0.2, 0) is 4.79 Å². The van der Waals surface area contributed by atoms with Crippen LogP contribution in [0.4, 0.5) is 11.4 Å². The minimum atomic E-state index is -0.336. The first-order valence-electron chi connectivity index (χ1n) is 7.68. The van der Waals surface area contributed by atoms with Gasteiger partial charge >= 0.3 is 0 Å². The average Bonchev–Trinajstić information content (AvgIpc) is 3.12. The number of anilines is 2. The number of rotatable bonds is 3. The molecular formula is C18H12ClN3O3S. The van der Waals surface area contributed by atoms with E-state index in [0.717, 1.165) is 5.56 Å². The van der Waals surface area contributed by atoms with Gasteiger partial charge in [0.2, 0.25) is 0 Å². The van der Waals surface area contributed by atoms with Crippen molar-refractivity contribution in [2.75, 3.05) is 17.2 Å². The number of nitrogens with one attached hydrogen (secondary N) is 2. The third-order valence-corrected chi connectivity index (χ3v) is 4.81. The fraction of sp³-hybridized carbons (Fsp3) is 0.0556. The summed E-state index contributed by atoms with van der Waals surface area (Å²) in [7, 11) is 0. The Kier molecular flexibility index (Phi) is 4.32. The maximum atomic E-state index is 12.4. The second kappa shape index (κ2) is 6.78. The molecule has 0 fully saturated rings. The molecule has 1 aliphatic heterocycles. The second-order valence-corrected chi connectivity index (χ2v) is 6.84. The molecule has 0 unspecified atom stereocenters. The molecule has 0 spiro atoms. The number of hydrogen-bond acceptors (Lipinski definition) is 5. The number of halogens is 1. The van der Waals surface area contributed by atoms with Crippen LogP contribution in [0, 0.1) is 0 Å². The minimum absolute atomic E-state index is 0.0101. The van der Waals surface area contributed by atoms with Crippen molar-refractivity contribution >= 4 is 46.1 Å². The highest BCUT2D eigenvalue weighted by Crippen LogP contribution is 2.31. The average molecular weight is 386 g/mol. The smallest absolute Gasteiger partial charge is 0.275 e. The summed E-state index contributed by atoms with van der Waals surface area (Å²) in [6, 6.07) is 12.4. The Balaban J connectivity index is 1.52. The third-order valence-electron chi connectivity index (χ3n) is 3.68. The van der Waals surface area contributed by atoms with Gasteiger partial charge in [-0.15, -0.1) is 11.3 Å². The van der Waals surface area contributed by atoms with Crippen LogP contribution >= 0.6 is 22.9 Å². The number of carbonyl (C=O) groups excluding carboxylic acids is 2. The van der Waals surface area contributed by atoms with Gasteiger partial charge in [-0.25, -0.2) is 4.98 Å². The van der Waals surface area contributed by atoms with Crippen LogP contribution in [0.3, 0.4) is 0 Å². The number of fused-ring (bicyclic) bond motifs is 1. The molecule has 1 aliphatic rings. The Bertz CT molecular complexity index is 1020. The molecule has 0 saturated carbocycles. The van der Waals surface area contributed by atoms with E-state index in [1.165, 1.54) is 11.3 Å². The number of benzene rings is 2. The molecule has 4 rings (SSSR count). The first-order chi connectivity index (χ1) is 12.6. The normalized spacial score (nSPS) is 12.7. The molecule has 1 aromatic heterocycles. The number of amides is 2. The van der Waals surface area contributed by atoms with Crippen LogP contribution < -0.4 is 15.4 Å². The molecule has 0 atom stereocenters. The number of thiazole rings is 1. The molecule has 3 aromatic rings. The quantitative estimate of drug-likeness (QED) is 0.712. The van der Waals surface area contributed by atoms with E-state index in [1.807, 2.05) is 12.1 Å². The third kappa shape index (κ3) is 3.40. The van der Waals surface area contributed by atoms with E-state index in [0.29, 0.717) is 32.8 Å². The van der Waals surface area contributed by atoms with E-state index in [4.69, 9.17) is 16.3 Å². The van der Waals surface area contributed by atoms with E-state index < -0.39 is 0 Å². The fourth-order valence-corrected chi connectivity index (χ4v) is 3.48. The lowest BCUT2D eigenvalue weighted by molar-refractivity contribution is -0.118. The zero-order valence-electron chi connectivity index (χ0n) is 13.3. The summed E-state index contributed by atoms with van der Waals surface area (Å²) < 4.78 is 5.30. The SMILES string of the molecule is O=C1COc2ccc(NC(=O)c3csc(-c4cccc(Cl)c4)n3)cc2N1. The van der Waals surface area contributed by atoms with E-state index in [9.17, 15) is 9.59 Å². The molecule has 6 nitrogen and oxygen atoms in total. The van der Waals surface area contributed by atoms with E-state index in [-0.39, 0.29) is 18.4 Å². The summed E-state index contributed by atoms with van der Waals surface area (Å²) in [5, 5.41) is 8.49. The Morgan fingerprint density at radius 1 is 1.27 bits per heavy atom. The highest BCUT2D eigenvalue weighted by atomic mass is 35.5. The second-order valence-electron chi connectivity index (χ2n) is 5.55. The Morgan fingerprint density at radius 2 is 2.15 bits per heavy atom. The van der Waals surface area contributed by atoms with Gasteiger partial charge in [-0.05, 0) is 30.3 Å². The van der Waals surface area contributed by atoms with Crippen LogP contribution in [0.5, 0.6) is 5.75 Å². The summed E-state index contributed by atoms with van der Waals surface area (Å²) in [4.78, 5) is 28.2. The van der Waals surface area contributed by atoms with Crippen LogP contribution in [0.1, 0.15) is 10.5 Å². The summed E-state index contributed by atoms with van der Waals surface area (Å²) in [5.74, 6) is 0.00340. The van der Waals surface area contributed by atoms with Crippen molar-refractivity contribution < 1.29 is 14.3 Å². The van der Waals surface area contributed by atoms with Crippen LogP contribution in [0.2, 0.25) is 5.02 Å². The molecule has 2 amide bonds. The van der Waals surface area contributed by atoms with Crippen LogP contribution in [0.25, 0.3) is 10.6 Å². The highest BCUT2D eigenvalue weighted by Gasteiger charge is 2.17. The first kappa shape index (κ1) is 16.6. The van der Waals surface area contributed by atoms with Crippen molar-refractivity contribution in [3.05, 3.63) is 58.6 Å². The summed E-state index contributed by atoms with van der Waals surface area (Å²) >= 11 is 7.36. The molecular weight excluding hydrogens is 374 g/mol. The molecule has 2 aromatic carbocycles. The van der Waals surface area contributed by atoms with Gasteiger partial charge in [-0.1, -0.05) is 23.7 Å².